The Balaban J connectivity index is 1.86. The smallest absolute Gasteiger partial charge is 0.224 e. The number of hydrogen-bond acceptors (Lipinski definition) is 1. The topological polar surface area (TPSA) is 29.1 Å². The SMILES string of the molecule is O=C(CCc1ccccc1)Nc1cccc(F)c1. The number of aryl methyl sites for hydroxylation is 1. The first-order valence-corrected chi connectivity index (χ1v) is 5.83. The Labute approximate surface area is 105 Å². The van der Waals surface area contributed by atoms with Crippen molar-refractivity contribution in [3.8, 4) is 0 Å². The van der Waals surface area contributed by atoms with Crippen molar-refractivity contribution >= 4 is 11.6 Å². The first-order chi connectivity index (χ1) is 8.74. The number of benzene rings is 2. The summed E-state index contributed by atoms with van der Waals surface area (Å²) in [7, 11) is 0. The summed E-state index contributed by atoms with van der Waals surface area (Å²) < 4.78 is 12.9. The molecule has 0 atom stereocenters. The van der Waals surface area contributed by atoms with Gasteiger partial charge in [-0.15, -0.1) is 0 Å². The van der Waals surface area contributed by atoms with Crippen LogP contribution in [0.4, 0.5) is 10.1 Å². The molecular formula is C15H14FNO. The summed E-state index contributed by atoms with van der Waals surface area (Å²) in [5.41, 5.74) is 1.61. The molecule has 0 aliphatic carbocycles. The predicted octanol–water partition coefficient (Wildman–Crippen LogP) is 3.40. The van der Waals surface area contributed by atoms with Crippen molar-refractivity contribution < 1.29 is 9.18 Å². The number of nitrogens with one attached hydrogen (secondary N) is 1. The van der Waals surface area contributed by atoms with E-state index in [1.54, 1.807) is 12.1 Å². The lowest BCUT2D eigenvalue weighted by atomic mass is 10.1. The molecule has 0 aliphatic heterocycles. The van der Waals surface area contributed by atoms with E-state index in [-0.39, 0.29) is 11.7 Å². The highest BCUT2D eigenvalue weighted by Gasteiger charge is 2.03. The number of halogens is 1. The molecule has 18 heavy (non-hydrogen) atoms. The quantitative estimate of drug-likeness (QED) is 0.876. The van der Waals surface area contributed by atoms with Crippen LogP contribution in [0.15, 0.2) is 54.6 Å². The van der Waals surface area contributed by atoms with Crippen LogP contribution in [-0.2, 0) is 11.2 Å². The van der Waals surface area contributed by atoms with E-state index in [2.05, 4.69) is 5.32 Å². The van der Waals surface area contributed by atoms with E-state index in [4.69, 9.17) is 0 Å². The summed E-state index contributed by atoms with van der Waals surface area (Å²) in [6.07, 6.45) is 1.07. The molecule has 1 amide bonds. The molecule has 0 radical (unpaired) electrons. The summed E-state index contributed by atoms with van der Waals surface area (Å²) in [5, 5.41) is 2.67. The minimum Gasteiger partial charge on any atom is -0.326 e. The van der Waals surface area contributed by atoms with Gasteiger partial charge in [0.2, 0.25) is 5.91 Å². The maximum atomic E-state index is 12.9. The van der Waals surface area contributed by atoms with Crippen LogP contribution in [0.5, 0.6) is 0 Å². The Bertz CT molecular complexity index is 525. The Hall–Kier alpha value is -2.16. The van der Waals surface area contributed by atoms with E-state index >= 15 is 0 Å². The fourth-order valence-corrected chi connectivity index (χ4v) is 1.69. The highest BCUT2D eigenvalue weighted by molar-refractivity contribution is 5.90. The third-order valence-electron chi connectivity index (χ3n) is 2.59. The maximum absolute atomic E-state index is 12.9. The Kier molecular flexibility index (Phi) is 4.07. The Morgan fingerprint density at radius 2 is 1.83 bits per heavy atom. The number of amides is 1. The molecule has 0 saturated carbocycles. The largest absolute Gasteiger partial charge is 0.326 e. The summed E-state index contributed by atoms with van der Waals surface area (Å²) in [4.78, 5) is 11.7. The molecule has 0 aliphatic rings. The summed E-state index contributed by atoms with van der Waals surface area (Å²) >= 11 is 0. The molecular weight excluding hydrogens is 229 g/mol. The summed E-state index contributed by atoms with van der Waals surface area (Å²) in [6.45, 7) is 0. The van der Waals surface area contributed by atoms with Gasteiger partial charge < -0.3 is 5.32 Å². The van der Waals surface area contributed by atoms with E-state index in [0.29, 0.717) is 18.5 Å². The van der Waals surface area contributed by atoms with E-state index in [0.717, 1.165) is 5.56 Å². The van der Waals surface area contributed by atoms with Crippen molar-refractivity contribution in [3.05, 3.63) is 66.0 Å². The van der Waals surface area contributed by atoms with Gasteiger partial charge in [-0.05, 0) is 30.2 Å². The van der Waals surface area contributed by atoms with Gasteiger partial charge >= 0.3 is 0 Å². The predicted molar refractivity (Wildman–Crippen MR) is 69.8 cm³/mol. The van der Waals surface area contributed by atoms with Crippen molar-refractivity contribution in [3.63, 3.8) is 0 Å². The van der Waals surface area contributed by atoms with Gasteiger partial charge in [0.15, 0.2) is 0 Å². The van der Waals surface area contributed by atoms with E-state index < -0.39 is 0 Å². The second-order valence-corrected chi connectivity index (χ2v) is 4.04. The monoisotopic (exact) mass is 243 g/mol. The lowest BCUT2D eigenvalue weighted by Gasteiger charge is -2.05. The van der Waals surface area contributed by atoms with E-state index in [9.17, 15) is 9.18 Å². The zero-order valence-corrected chi connectivity index (χ0v) is 9.90. The minimum atomic E-state index is -0.351. The number of anilines is 1. The van der Waals surface area contributed by atoms with Gasteiger partial charge in [0.05, 0.1) is 0 Å². The van der Waals surface area contributed by atoms with Crippen LogP contribution in [0.2, 0.25) is 0 Å². The molecule has 2 aromatic rings. The first-order valence-electron chi connectivity index (χ1n) is 5.83. The van der Waals surface area contributed by atoms with Crippen molar-refractivity contribution in [2.75, 3.05) is 5.32 Å². The van der Waals surface area contributed by atoms with Gasteiger partial charge in [-0.3, -0.25) is 4.79 Å². The molecule has 92 valence electrons. The number of carbonyl (C=O) groups is 1. The molecule has 1 N–H and O–H groups in total. The maximum Gasteiger partial charge on any atom is 0.224 e. The van der Waals surface area contributed by atoms with E-state index in [1.807, 2.05) is 30.3 Å². The standard InChI is InChI=1S/C15H14FNO/c16-13-7-4-8-14(11-13)17-15(18)10-9-12-5-2-1-3-6-12/h1-8,11H,9-10H2,(H,17,18). The van der Waals surface area contributed by atoms with Crippen LogP contribution < -0.4 is 5.32 Å². The molecule has 3 heteroatoms. The van der Waals surface area contributed by atoms with Gasteiger partial charge in [0.25, 0.3) is 0 Å². The molecule has 0 unspecified atom stereocenters. The van der Waals surface area contributed by atoms with Crippen molar-refractivity contribution in [1.82, 2.24) is 0 Å². The van der Waals surface area contributed by atoms with E-state index in [1.165, 1.54) is 12.1 Å². The van der Waals surface area contributed by atoms with Crippen LogP contribution in [-0.4, -0.2) is 5.91 Å². The lowest BCUT2D eigenvalue weighted by molar-refractivity contribution is -0.116. The number of hydrogen-bond donors (Lipinski definition) is 1. The molecule has 0 bridgehead atoms. The number of carbonyl (C=O) groups excluding carboxylic acids is 1. The fraction of sp³-hybridized carbons (Fsp3) is 0.133. The average molecular weight is 243 g/mol. The summed E-state index contributed by atoms with van der Waals surface area (Å²) in [6, 6.07) is 15.7. The van der Waals surface area contributed by atoms with Crippen molar-refractivity contribution in [2.24, 2.45) is 0 Å². The Morgan fingerprint density at radius 3 is 2.56 bits per heavy atom. The third-order valence-corrected chi connectivity index (χ3v) is 2.59. The first kappa shape index (κ1) is 12.3. The highest BCUT2D eigenvalue weighted by Crippen LogP contribution is 2.10. The van der Waals surface area contributed by atoms with Crippen LogP contribution in [0.25, 0.3) is 0 Å². The molecule has 2 rings (SSSR count). The zero-order chi connectivity index (χ0) is 12.8. The molecule has 2 aromatic carbocycles. The van der Waals surface area contributed by atoms with Gasteiger partial charge in [0.1, 0.15) is 5.82 Å². The van der Waals surface area contributed by atoms with Gasteiger partial charge in [-0.2, -0.15) is 0 Å². The molecule has 2 nitrogen and oxygen atoms in total. The number of rotatable bonds is 4. The zero-order valence-electron chi connectivity index (χ0n) is 9.90. The van der Waals surface area contributed by atoms with Crippen LogP contribution >= 0.6 is 0 Å². The highest BCUT2D eigenvalue weighted by atomic mass is 19.1. The second kappa shape index (κ2) is 5.96. The fourth-order valence-electron chi connectivity index (χ4n) is 1.69. The van der Waals surface area contributed by atoms with Crippen LogP contribution in [0, 0.1) is 5.82 Å². The van der Waals surface area contributed by atoms with Crippen molar-refractivity contribution in [1.29, 1.82) is 0 Å². The third kappa shape index (κ3) is 3.70. The Morgan fingerprint density at radius 1 is 1.06 bits per heavy atom. The second-order valence-electron chi connectivity index (χ2n) is 4.04. The minimum absolute atomic E-state index is 0.107. The average Bonchev–Trinajstić information content (AvgIpc) is 2.38. The lowest BCUT2D eigenvalue weighted by Crippen LogP contribution is -2.12. The van der Waals surface area contributed by atoms with Gasteiger partial charge in [0, 0.05) is 12.1 Å². The van der Waals surface area contributed by atoms with Crippen LogP contribution in [0.1, 0.15) is 12.0 Å². The molecule has 0 aromatic heterocycles. The van der Waals surface area contributed by atoms with Crippen molar-refractivity contribution in [2.45, 2.75) is 12.8 Å². The molecule has 0 spiro atoms. The van der Waals surface area contributed by atoms with Crippen LogP contribution in [0.3, 0.4) is 0 Å². The molecule has 0 saturated heterocycles. The summed E-state index contributed by atoms with van der Waals surface area (Å²) in [5.74, 6) is -0.458. The molecule has 0 fully saturated rings. The normalized spacial score (nSPS) is 10.1. The molecule has 0 heterocycles. The van der Waals surface area contributed by atoms with Gasteiger partial charge in [-0.1, -0.05) is 36.4 Å². The van der Waals surface area contributed by atoms with Gasteiger partial charge in [-0.25, -0.2) is 4.39 Å².